The lowest BCUT2D eigenvalue weighted by Crippen LogP contribution is -2.14. The zero-order valence-electron chi connectivity index (χ0n) is 13.7. The molecule has 0 heterocycles. The molecule has 2 aromatic carbocycles. The smallest absolute Gasteiger partial charge is 0.340 e. The first kappa shape index (κ1) is 17.3. The first-order valence-corrected chi connectivity index (χ1v) is 7.19. The maximum Gasteiger partial charge on any atom is 0.340 e. The number of carboxylic acids is 1. The van der Waals surface area contributed by atoms with Crippen LogP contribution in [0.2, 0.25) is 0 Å². The van der Waals surface area contributed by atoms with Gasteiger partial charge in [0.1, 0.15) is 23.7 Å². The van der Waals surface area contributed by atoms with Crippen molar-refractivity contribution in [2.75, 3.05) is 14.2 Å². The highest BCUT2D eigenvalue weighted by Crippen LogP contribution is 2.35. The van der Waals surface area contributed by atoms with E-state index in [0.717, 1.165) is 5.56 Å². The molecule has 6 heteroatoms. The second kappa shape index (κ2) is 7.50. The summed E-state index contributed by atoms with van der Waals surface area (Å²) < 4.78 is 15.6. The van der Waals surface area contributed by atoms with Crippen LogP contribution in [0, 0.1) is 6.92 Å². The third-order valence-corrected chi connectivity index (χ3v) is 3.55. The van der Waals surface area contributed by atoms with Gasteiger partial charge in [0.2, 0.25) is 0 Å². The molecule has 2 rings (SSSR count). The molecule has 0 aliphatic heterocycles. The molecule has 0 spiro atoms. The summed E-state index contributed by atoms with van der Waals surface area (Å²) in [4.78, 5) is 23.6. The van der Waals surface area contributed by atoms with Crippen LogP contribution < -0.4 is 9.47 Å². The molecule has 0 unspecified atom stereocenters. The fourth-order valence-electron chi connectivity index (χ4n) is 2.34. The van der Waals surface area contributed by atoms with Crippen LogP contribution in [0.25, 0.3) is 0 Å². The van der Waals surface area contributed by atoms with Gasteiger partial charge in [-0.25, -0.2) is 9.59 Å². The topological polar surface area (TPSA) is 82.1 Å². The summed E-state index contributed by atoms with van der Waals surface area (Å²) in [6, 6.07) is 10.6. The van der Waals surface area contributed by atoms with E-state index >= 15 is 0 Å². The van der Waals surface area contributed by atoms with Crippen LogP contribution in [0.15, 0.2) is 36.4 Å². The molecule has 0 aromatic heterocycles. The Kier molecular flexibility index (Phi) is 5.42. The Morgan fingerprint density at radius 3 is 2.33 bits per heavy atom. The lowest BCUT2D eigenvalue weighted by atomic mass is 10.0. The van der Waals surface area contributed by atoms with Crippen LogP contribution in [0.1, 0.15) is 31.8 Å². The molecule has 6 nitrogen and oxygen atoms in total. The number of esters is 1. The number of ether oxygens (including phenoxy) is 3. The minimum atomic E-state index is -1.27. The van der Waals surface area contributed by atoms with Gasteiger partial charge < -0.3 is 19.3 Å². The van der Waals surface area contributed by atoms with Gasteiger partial charge in [-0.15, -0.1) is 0 Å². The fraction of sp³-hybridized carbons (Fsp3) is 0.222. The van der Waals surface area contributed by atoms with E-state index < -0.39 is 11.9 Å². The Morgan fingerprint density at radius 1 is 1.12 bits per heavy atom. The van der Waals surface area contributed by atoms with Crippen molar-refractivity contribution in [2.24, 2.45) is 0 Å². The highest BCUT2D eigenvalue weighted by atomic mass is 16.5. The average Bonchev–Trinajstić information content (AvgIpc) is 2.60. The van der Waals surface area contributed by atoms with Gasteiger partial charge in [0.15, 0.2) is 0 Å². The SMILES string of the molecule is COC(=O)c1cc(OC)c(C)c(OCc2ccccc2)c1C(=O)O. The van der Waals surface area contributed by atoms with E-state index in [9.17, 15) is 14.7 Å². The lowest BCUT2D eigenvalue weighted by molar-refractivity contribution is 0.0579. The molecule has 0 fully saturated rings. The molecule has 0 amide bonds. The number of hydrogen-bond acceptors (Lipinski definition) is 5. The minimum Gasteiger partial charge on any atom is -0.496 e. The lowest BCUT2D eigenvalue weighted by Gasteiger charge is -2.17. The third kappa shape index (κ3) is 3.48. The molecule has 0 saturated heterocycles. The van der Waals surface area contributed by atoms with E-state index in [2.05, 4.69) is 4.74 Å². The van der Waals surface area contributed by atoms with Gasteiger partial charge in [0.25, 0.3) is 0 Å². The predicted molar refractivity (Wildman–Crippen MR) is 86.8 cm³/mol. The van der Waals surface area contributed by atoms with Crippen molar-refractivity contribution in [3.8, 4) is 11.5 Å². The second-order valence-electron chi connectivity index (χ2n) is 5.03. The number of benzene rings is 2. The molecule has 0 radical (unpaired) electrons. The quantitative estimate of drug-likeness (QED) is 0.820. The number of carbonyl (C=O) groups excluding carboxylic acids is 1. The zero-order chi connectivity index (χ0) is 17.7. The summed E-state index contributed by atoms with van der Waals surface area (Å²) in [7, 11) is 2.62. The largest absolute Gasteiger partial charge is 0.496 e. The van der Waals surface area contributed by atoms with Gasteiger partial charge in [-0.05, 0) is 18.6 Å². The Morgan fingerprint density at radius 2 is 1.79 bits per heavy atom. The van der Waals surface area contributed by atoms with Crippen molar-refractivity contribution in [1.82, 2.24) is 0 Å². The molecular weight excluding hydrogens is 312 g/mol. The van der Waals surface area contributed by atoms with E-state index in [0.29, 0.717) is 11.3 Å². The van der Waals surface area contributed by atoms with Gasteiger partial charge >= 0.3 is 11.9 Å². The summed E-state index contributed by atoms with van der Waals surface area (Å²) in [6.07, 6.45) is 0. The molecular formula is C18H18O6. The third-order valence-electron chi connectivity index (χ3n) is 3.55. The average molecular weight is 330 g/mol. The first-order chi connectivity index (χ1) is 11.5. The van der Waals surface area contributed by atoms with Gasteiger partial charge in [0, 0.05) is 5.56 Å². The molecule has 2 aromatic rings. The maximum absolute atomic E-state index is 11.9. The fourth-order valence-corrected chi connectivity index (χ4v) is 2.34. The second-order valence-corrected chi connectivity index (χ2v) is 5.03. The molecule has 1 N–H and O–H groups in total. The minimum absolute atomic E-state index is 0.0890. The summed E-state index contributed by atoms with van der Waals surface area (Å²) in [5, 5.41) is 9.55. The van der Waals surface area contributed by atoms with Crippen molar-refractivity contribution in [1.29, 1.82) is 0 Å². The number of methoxy groups -OCH3 is 2. The van der Waals surface area contributed by atoms with Gasteiger partial charge in [0.05, 0.1) is 19.8 Å². The van der Waals surface area contributed by atoms with Crippen molar-refractivity contribution in [3.63, 3.8) is 0 Å². The number of rotatable bonds is 6. The predicted octanol–water partition coefficient (Wildman–Crippen LogP) is 3.07. The number of carboxylic acid groups (broad SMARTS) is 1. The van der Waals surface area contributed by atoms with Crippen LogP contribution in [-0.4, -0.2) is 31.3 Å². The van der Waals surface area contributed by atoms with Crippen LogP contribution in [0.4, 0.5) is 0 Å². The maximum atomic E-state index is 11.9. The van der Waals surface area contributed by atoms with E-state index in [1.165, 1.54) is 20.3 Å². The van der Waals surface area contributed by atoms with Crippen molar-refractivity contribution in [2.45, 2.75) is 13.5 Å². The van der Waals surface area contributed by atoms with Gasteiger partial charge in [-0.1, -0.05) is 30.3 Å². The molecule has 0 aliphatic rings. The Labute approximate surface area is 139 Å². The molecule has 0 saturated carbocycles. The normalized spacial score (nSPS) is 10.1. The van der Waals surface area contributed by atoms with Gasteiger partial charge in [-0.2, -0.15) is 0 Å². The molecule has 0 bridgehead atoms. The summed E-state index contributed by atoms with van der Waals surface area (Å²) in [5.41, 5.74) is 1.01. The van der Waals surface area contributed by atoms with Crippen molar-refractivity contribution < 1.29 is 28.9 Å². The molecule has 126 valence electrons. The van der Waals surface area contributed by atoms with Crippen LogP contribution in [-0.2, 0) is 11.3 Å². The Hall–Kier alpha value is -3.02. The molecule has 24 heavy (non-hydrogen) atoms. The van der Waals surface area contributed by atoms with Crippen LogP contribution >= 0.6 is 0 Å². The molecule has 0 atom stereocenters. The number of aromatic carboxylic acids is 1. The Balaban J connectivity index is 2.54. The van der Waals surface area contributed by atoms with Crippen LogP contribution in [0.5, 0.6) is 11.5 Å². The highest BCUT2D eigenvalue weighted by Gasteiger charge is 2.27. The van der Waals surface area contributed by atoms with E-state index in [1.54, 1.807) is 6.92 Å². The van der Waals surface area contributed by atoms with Crippen LogP contribution in [0.3, 0.4) is 0 Å². The van der Waals surface area contributed by atoms with E-state index in [4.69, 9.17) is 9.47 Å². The first-order valence-electron chi connectivity index (χ1n) is 7.19. The van der Waals surface area contributed by atoms with E-state index in [-0.39, 0.29) is 23.5 Å². The molecule has 0 aliphatic carbocycles. The summed E-state index contributed by atoms with van der Waals surface area (Å²) in [6.45, 7) is 1.84. The zero-order valence-corrected chi connectivity index (χ0v) is 13.7. The van der Waals surface area contributed by atoms with Crippen molar-refractivity contribution >= 4 is 11.9 Å². The standard InChI is InChI=1S/C18H18O6/c1-11-14(22-2)9-13(18(21)23-3)15(17(19)20)16(11)24-10-12-7-5-4-6-8-12/h4-9H,10H2,1-3H3,(H,19,20). The summed E-state index contributed by atoms with van der Waals surface area (Å²) >= 11 is 0. The highest BCUT2D eigenvalue weighted by molar-refractivity contribution is 6.05. The van der Waals surface area contributed by atoms with Gasteiger partial charge in [-0.3, -0.25) is 0 Å². The summed E-state index contributed by atoms with van der Waals surface area (Å²) in [5.74, 6) is -1.60. The Bertz CT molecular complexity index is 752. The van der Waals surface area contributed by atoms with E-state index in [1.807, 2.05) is 30.3 Å². The van der Waals surface area contributed by atoms with Crippen molar-refractivity contribution in [3.05, 3.63) is 58.7 Å². The number of hydrogen-bond donors (Lipinski definition) is 1. The number of carbonyl (C=O) groups is 2. The monoisotopic (exact) mass is 330 g/mol.